The van der Waals surface area contributed by atoms with Crippen LogP contribution >= 0.6 is 12.2 Å². The first kappa shape index (κ1) is 20.4. The molecule has 1 amide bonds. The van der Waals surface area contributed by atoms with E-state index in [-0.39, 0.29) is 11.0 Å². The van der Waals surface area contributed by atoms with E-state index in [0.29, 0.717) is 24.5 Å². The maximum atomic E-state index is 12.6. The zero-order valence-electron chi connectivity index (χ0n) is 16.1. The van der Waals surface area contributed by atoms with E-state index in [1.807, 2.05) is 67.6 Å². The number of para-hydroxylation sites is 2. The Hall–Kier alpha value is -3.38. The SMILES string of the molecule is Cc1cccc(NC(=S)NC(=O)c2ccccc2OCCOc2ccccc2)c1. The lowest BCUT2D eigenvalue weighted by Gasteiger charge is -2.13. The Kier molecular flexibility index (Phi) is 7.19. The summed E-state index contributed by atoms with van der Waals surface area (Å²) in [5.74, 6) is 0.907. The molecule has 0 saturated heterocycles. The van der Waals surface area contributed by atoms with Crippen molar-refractivity contribution in [3.8, 4) is 11.5 Å². The van der Waals surface area contributed by atoms with E-state index in [4.69, 9.17) is 21.7 Å². The number of benzene rings is 3. The van der Waals surface area contributed by atoms with E-state index in [2.05, 4.69) is 10.6 Å². The van der Waals surface area contributed by atoms with Crippen LogP contribution in [0.1, 0.15) is 15.9 Å². The Morgan fingerprint density at radius 3 is 2.41 bits per heavy atom. The molecule has 2 N–H and O–H groups in total. The fourth-order valence-corrected chi connectivity index (χ4v) is 2.87. The molecule has 5 nitrogen and oxygen atoms in total. The van der Waals surface area contributed by atoms with Crippen LogP contribution in [0.25, 0.3) is 0 Å². The van der Waals surface area contributed by atoms with Crippen molar-refractivity contribution in [3.05, 3.63) is 90.0 Å². The highest BCUT2D eigenvalue weighted by Crippen LogP contribution is 2.18. The lowest BCUT2D eigenvalue weighted by Crippen LogP contribution is -2.34. The molecular formula is C23H22N2O3S. The number of carbonyl (C=O) groups excluding carboxylic acids is 1. The van der Waals surface area contributed by atoms with Gasteiger partial charge in [0.05, 0.1) is 5.56 Å². The van der Waals surface area contributed by atoms with Crippen molar-refractivity contribution >= 4 is 28.9 Å². The van der Waals surface area contributed by atoms with Gasteiger partial charge in [-0.15, -0.1) is 0 Å². The number of thiocarbonyl (C=S) groups is 1. The number of rotatable bonds is 7. The van der Waals surface area contributed by atoms with Crippen LogP contribution in [-0.4, -0.2) is 24.2 Å². The number of anilines is 1. The first-order valence-electron chi connectivity index (χ1n) is 9.20. The van der Waals surface area contributed by atoms with Crippen LogP contribution in [-0.2, 0) is 0 Å². The third-order valence-corrected chi connectivity index (χ3v) is 4.19. The molecule has 148 valence electrons. The van der Waals surface area contributed by atoms with E-state index < -0.39 is 0 Å². The van der Waals surface area contributed by atoms with Crippen molar-refractivity contribution in [1.29, 1.82) is 0 Å². The Bertz CT molecular complexity index is 977. The average molecular weight is 407 g/mol. The van der Waals surface area contributed by atoms with Gasteiger partial charge >= 0.3 is 0 Å². The maximum Gasteiger partial charge on any atom is 0.261 e. The van der Waals surface area contributed by atoms with Gasteiger partial charge in [-0.05, 0) is 61.1 Å². The molecule has 0 unspecified atom stereocenters. The van der Waals surface area contributed by atoms with Gasteiger partial charge in [0.25, 0.3) is 5.91 Å². The van der Waals surface area contributed by atoms with E-state index in [1.54, 1.807) is 18.2 Å². The Morgan fingerprint density at radius 1 is 0.897 bits per heavy atom. The molecule has 0 radical (unpaired) electrons. The minimum atomic E-state index is -0.338. The summed E-state index contributed by atoms with van der Waals surface area (Å²) in [4.78, 5) is 12.6. The molecular weight excluding hydrogens is 384 g/mol. The molecule has 0 spiro atoms. The predicted octanol–water partition coefficient (Wildman–Crippen LogP) is 4.58. The van der Waals surface area contributed by atoms with E-state index >= 15 is 0 Å². The summed E-state index contributed by atoms with van der Waals surface area (Å²) < 4.78 is 11.4. The van der Waals surface area contributed by atoms with Gasteiger partial charge in [-0.25, -0.2) is 0 Å². The summed E-state index contributed by atoms with van der Waals surface area (Å²) in [7, 11) is 0. The summed E-state index contributed by atoms with van der Waals surface area (Å²) in [6.45, 7) is 2.67. The van der Waals surface area contributed by atoms with Crippen LogP contribution in [0.4, 0.5) is 5.69 Å². The Balaban J connectivity index is 1.54. The summed E-state index contributed by atoms with van der Waals surface area (Å²) in [6.07, 6.45) is 0. The van der Waals surface area contributed by atoms with Gasteiger partial charge in [0.15, 0.2) is 5.11 Å². The molecule has 3 aromatic carbocycles. The molecule has 0 aromatic heterocycles. The second kappa shape index (κ2) is 10.2. The smallest absolute Gasteiger partial charge is 0.261 e. The van der Waals surface area contributed by atoms with Crippen LogP contribution in [0.2, 0.25) is 0 Å². The van der Waals surface area contributed by atoms with Gasteiger partial charge in [0, 0.05) is 5.69 Å². The van der Waals surface area contributed by atoms with Crippen LogP contribution in [0.5, 0.6) is 11.5 Å². The fourth-order valence-electron chi connectivity index (χ4n) is 2.66. The molecule has 29 heavy (non-hydrogen) atoms. The van der Waals surface area contributed by atoms with Crippen molar-refractivity contribution in [2.45, 2.75) is 6.92 Å². The van der Waals surface area contributed by atoms with Gasteiger partial charge in [-0.2, -0.15) is 0 Å². The zero-order valence-corrected chi connectivity index (χ0v) is 16.9. The number of ether oxygens (including phenoxy) is 2. The topological polar surface area (TPSA) is 59.6 Å². The van der Waals surface area contributed by atoms with Crippen LogP contribution < -0.4 is 20.1 Å². The highest BCUT2D eigenvalue weighted by Gasteiger charge is 2.13. The lowest BCUT2D eigenvalue weighted by molar-refractivity contribution is 0.0972. The van der Waals surface area contributed by atoms with E-state index in [9.17, 15) is 4.79 Å². The van der Waals surface area contributed by atoms with Crippen LogP contribution in [0.15, 0.2) is 78.9 Å². The van der Waals surface area contributed by atoms with E-state index in [0.717, 1.165) is 17.0 Å². The number of carbonyl (C=O) groups is 1. The van der Waals surface area contributed by atoms with Gasteiger partial charge in [-0.3, -0.25) is 10.1 Å². The molecule has 3 aromatic rings. The molecule has 3 rings (SSSR count). The third kappa shape index (κ3) is 6.33. The fraction of sp³-hybridized carbons (Fsp3) is 0.130. The van der Waals surface area contributed by atoms with Gasteiger partial charge in [-0.1, -0.05) is 42.5 Å². The highest BCUT2D eigenvalue weighted by molar-refractivity contribution is 7.80. The summed E-state index contributed by atoms with van der Waals surface area (Å²) >= 11 is 5.26. The molecule has 0 atom stereocenters. The zero-order chi connectivity index (χ0) is 20.5. The maximum absolute atomic E-state index is 12.6. The quantitative estimate of drug-likeness (QED) is 0.444. The minimum Gasteiger partial charge on any atom is -0.490 e. The lowest BCUT2D eigenvalue weighted by atomic mass is 10.2. The van der Waals surface area contributed by atoms with Crippen LogP contribution in [0.3, 0.4) is 0 Å². The third-order valence-electron chi connectivity index (χ3n) is 3.99. The molecule has 0 fully saturated rings. The molecule has 0 saturated carbocycles. The number of amides is 1. The van der Waals surface area contributed by atoms with Gasteiger partial charge < -0.3 is 14.8 Å². The van der Waals surface area contributed by atoms with Gasteiger partial charge in [0.1, 0.15) is 24.7 Å². The second-order valence-electron chi connectivity index (χ2n) is 6.28. The monoisotopic (exact) mass is 406 g/mol. The summed E-state index contributed by atoms with van der Waals surface area (Å²) in [5, 5.41) is 5.93. The second-order valence-corrected chi connectivity index (χ2v) is 6.69. The molecule has 6 heteroatoms. The molecule has 0 aliphatic heterocycles. The molecule has 0 aliphatic carbocycles. The minimum absolute atomic E-state index is 0.225. The Labute approximate surface area is 175 Å². The first-order valence-corrected chi connectivity index (χ1v) is 9.61. The van der Waals surface area contributed by atoms with Crippen molar-refractivity contribution in [1.82, 2.24) is 5.32 Å². The molecule has 0 heterocycles. The van der Waals surface area contributed by atoms with E-state index in [1.165, 1.54) is 0 Å². The number of hydrogen-bond acceptors (Lipinski definition) is 4. The van der Waals surface area contributed by atoms with Crippen molar-refractivity contribution in [3.63, 3.8) is 0 Å². The number of nitrogens with one attached hydrogen (secondary N) is 2. The number of hydrogen-bond donors (Lipinski definition) is 2. The average Bonchev–Trinajstić information content (AvgIpc) is 2.72. The van der Waals surface area contributed by atoms with Crippen molar-refractivity contribution in [2.75, 3.05) is 18.5 Å². The van der Waals surface area contributed by atoms with Crippen molar-refractivity contribution in [2.24, 2.45) is 0 Å². The summed E-state index contributed by atoms with van der Waals surface area (Å²) in [5.41, 5.74) is 2.32. The van der Waals surface area contributed by atoms with Crippen molar-refractivity contribution < 1.29 is 14.3 Å². The summed E-state index contributed by atoms with van der Waals surface area (Å²) in [6, 6.07) is 24.3. The largest absolute Gasteiger partial charge is 0.490 e. The van der Waals surface area contributed by atoms with Crippen LogP contribution in [0, 0.1) is 6.92 Å². The molecule has 0 bridgehead atoms. The highest BCUT2D eigenvalue weighted by atomic mass is 32.1. The predicted molar refractivity (Wildman–Crippen MR) is 119 cm³/mol. The number of aryl methyl sites for hydroxylation is 1. The van der Waals surface area contributed by atoms with Gasteiger partial charge in [0.2, 0.25) is 0 Å². The Morgan fingerprint density at radius 2 is 1.62 bits per heavy atom. The normalized spacial score (nSPS) is 10.1. The standard InChI is InChI=1S/C23H22N2O3S/c1-17-8-7-9-18(16-17)24-23(29)25-22(26)20-12-5-6-13-21(20)28-15-14-27-19-10-3-2-4-11-19/h2-13,16H,14-15H2,1H3,(H2,24,25,26,29). The molecule has 0 aliphatic rings. The first-order chi connectivity index (χ1) is 14.1.